The summed E-state index contributed by atoms with van der Waals surface area (Å²) >= 11 is 8.24. The predicted molar refractivity (Wildman–Crippen MR) is 114 cm³/mol. The fraction of sp³-hybridized carbons (Fsp3) is 0.190. The number of nitrogens with zero attached hydrogens (tertiary/aromatic N) is 5. The Hall–Kier alpha value is -2.57. The average molecular weight is 410 g/mol. The van der Waals surface area contributed by atoms with E-state index in [1.165, 1.54) is 5.56 Å². The van der Waals surface area contributed by atoms with Crippen molar-refractivity contribution in [3.8, 4) is 17.1 Å². The van der Waals surface area contributed by atoms with Crippen LogP contribution in [0.15, 0.2) is 59.8 Å². The van der Waals surface area contributed by atoms with Gasteiger partial charge < -0.3 is 4.57 Å². The van der Waals surface area contributed by atoms with Gasteiger partial charge in [0.2, 0.25) is 0 Å². The first kappa shape index (κ1) is 18.8. The predicted octanol–water partition coefficient (Wildman–Crippen LogP) is 5.23. The van der Waals surface area contributed by atoms with E-state index in [9.17, 15) is 0 Å². The normalized spacial score (nSPS) is 11.1. The molecule has 0 aliphatic rings. The molecule has 2 heterocycles. The molecule has 0 bridgehead atoms. The molecule has 0 saturated carbocycles. The largest absolute Gasteiger partial charge is 0.305 e. The molecule has 0 atom stereocenters. The van der Waals surface area contributed by atoms with Crippen molar-refractivity contribution < 1.29 is 0 Å². The van der Waals surface area contributed by atoms with Crippen molar-refractivity contribution in [1.82, 2.24) is 24.5 Å². The minimum absolute atomic E-state index is 0.636. The Morgan fingerprint density at radius 2 is 1.68 bits per heavy atom. The van der Waals surface area contributed by atoms with Gasteiger partial charge in [0, 0.05) is 23.9 Å². The standard InChI is InChI=1S/C21H20ClN5S/c1-14-9-11-16(12-10-14)20-23-24-21(26(20)3)28-13-18-15(2)25-27(19(18)22)17-7-5-4-6-8-17/h4-12H,13H2,1-3H3. The van der Waals surface area contributed by atoms with Gasteiger partial charge in [0.15, 0.2) is 11.0 Å². The second-order valence-electron chi connectivity index (χ2n) is 6.62. The number of aryl methyl sites for hydroxylation is 2. The Morgan fingerprint density at radius 3 is 2.39 bits per heavy atom. The topological polar surface area (TPSA) is 48.5 Å². The third kappa shape index (κ3) is 3.57. The molecule has 0 aliphatic carbocycles. The van der Waals surface area contributed by atoms with E-state index in [-0.39, 0.29) is 0 Å². The van der Waals surface area contributed by atoms with Crippen LogP contribution in [0, 0.1) is 13.8 Å². The van der Waals surface area contributed by atoms with Crippen molar-refractivity contribution in [1.29, 1.82) is 0 Å². The van der Waals surface area contributed by atoms with Crippen LogP contribution in [0.2, 0.25) is 5.15 Å². The van der Waals surface area contributed by atoms with E-state index in [2.05, 4.69) is 46.5 Å². The summed E-state index contributed by atoms with van der Waals surface area (Å²) in [6, 6.07) is 18.2. The monoisotopic (exact) mass is 409 g/mol. The second kappa shape index (κ2) is 7.81. The summed E-state index contributed by atoms with van der Waals surface area (Å²) in [5.41, 5.74) is 5.16. The van der Waals surface area contributed by atoms with Crippen LogP contribution < -0.4 is 0 Å². The van der Waals surface area contributed by atoms with Crippen LogP contribution in [0.1, 0.15) is 16.8 Å². The maximum absolute atomic E-state index is 6.63. The van der Waals surface area contributed by atoms with E-state index >= 15 is 0 Å². The number of aromatic nitrogens is 5. The molecule has 0 fully saturated rings. The number of para-hydroxylation sites is 1. The van der Waals surface area contributed by atoms with E-state index in [4.69, 9.17) is 11.6 Å². The van der Waals surface area contributed by atoms with E-state index < -0.39 is 0 Å². The molecule has 4 rings (SSSR count). The fourth-order valence-corrected chi connectivity index (χ4v) is 4.38. The average Bonchev–Trinajstić information content (AvgIpc) is 3.21. The summed E-state index contributed by atoms with van der Waals surface area (Å²) in [6.45, 7) is 4.05. The molecule has 0 N–H and O–H groups in total. The van der Waals surface area contributed by atoms with Gasteiger partial charge in [-0.1, -0.05) is 71.4 Å². The first-order chi connectivity index (χ1) is 13.5. The highest BCUT2D eigenvalue weighted by atomic mass is 35.5. The quantitative estimate of drug-likeness (QED) is 0.423. The number of rotatable bonds is 5. The van der Waals surface area contributed by atoms with Gasteiger partial charge in [0.05, 0.1) is 11.4 Å². The molecule has 2 aromatic heterocycles. The van der Waals surface area contributed by atoms with Crippen molar-refractivity contribution >= 4 is 23.4 Å². The van der Waals surface area contributed by atoms with E-state index in [1.54, 1.807) is 16.4 Å². The molecule has 142 valence electrons. The number of benzene rings is 2. The first-order valence-electron chi connectivity index (χ1n) is 8.93. The van der Waals surface area contributed by atoms with E-state index in [0.29, 0.717) is 10.9 Å². The molecule has 2 aromatic carbocycles. The van der Waals surface area contributed by atoms with Gasteiger partial charge in [-0.15, -0.1) is 10.2 Å². The van der Waals surface area contributed by atoms with Gasteiger partial charge in [0.25, 0.3) is 0 Å². The molecule has 5 nitrogen and oxygen atoms in total. The van der Waals surface area contributed by atoms with Gasteiger partial charge in [0.1, 0.15) is 5.15 Å². The highest BCUT2D eigenvalue weighted by Crippen LogP contribution is 2.31. The van der Waals surface area contributed by atoms with Crippen LogP contribution in [-0.4, -0.2) is 24.5 Å². The van der Waals surface area contributed by atoms with Gasteiger partial charge in [-0.2, -0.15) is 5.10 Å². The molecule has 0 aliphatic heterocycles. The van der Waals surface area contributed by atoms with Crippen molar-refractivity contribution in [2.75, 3.05) is 0 Å². The molecule has 4 aromatic rings. The van der Waals surface area contributed by atoms with Crippen molar-refractivity contribution in [2.45, 2.75) is 24.8 Å². The van der Waals surface area contributed by atoms with Crippen LogP contribution in [-0.2, 0) is 12.8 Å². The number of thioether (sulfide) groups is 1. The van der Waals surface area contributed by atoms with Crippen LogP contribution in [0.3, 0.4) is 0 Å². The van der Waals surface area contributed by atoms with Crippen molar-refractivity contribution in [2.24, 2.45) is 7.05 Å². The third-order valence-corrected chi connectivity index (χ3v) is 6.05. The van der Waals surface area contributed by atoms with Gasteiger partial charge in [-0.25, -0.2) is 4.68 Å². The van der Waals surface area contributed by atoms with Gasteiger partial charge in [-0.3, -0.25) is 0 Å². The highest BCUT2D eigenvalue weighted by Gasteiger charge is 2.17. The molecule has 0 spiro atoms. The number of halogens is 1. The van der Waals surface area contributed by atoms with Crippen molar-refractivity contribution in [3.63, 3.8) is 0 Å². The molecule has 28 heavy (non-hydrogen) atoms. The zero-order valence-electron chi connectivity index (χ0n) is 15.9. The van der Waals surface area contributed by atoms with Crippen LogP contribution >= 0.6 is 23.4 Å². The zero-order valence-corrected chi connectivity index (χ0v) is 17.5. The molecular formula is C21H20ClN5S. The minimum Gasteiger partial charge on any atom is -0.305 e. The Bertz CT molecular complexity index is 1100. The van der Waals surface area contributed by atoms with E-state index in [0.717, 1.165) is 33.5 Å². The maximum Gasteiger partial charge on any atom is 0.191 e. The summed E-state index contributed by atoms with van der Waals surface area (Å²) in [6.07, 6.45) is 0. The maximum atomic E-state index is 6.63. The lowest BCUT2D eigenvalue weighted by molar-refractivity contribution is 0.793. The van der Waals surface area contributed by atoms with Crippen molar-refractivity contribution in [3.05, 3.63) is 76.6 Å². The lowest BCUT2D eigenvalue weighted by Gasteiger charge is -2.05. The molecule has 0 saturated heterocycles. The molecule has 7 heteroatoms. The first-order valence-corrected chi connectivity index (χ1v) is 10.3. The lowest BCUT2D eigenvalue weighted by atomic mass is 10.1. The zero-order chi connectivity index (χ0) is 19.7. The van der Waals surface area contributed by atoms with Crippen LogP contribution in [0.4, 0.5) is 0 Å². The second-order valence-corrected chi connectivity index (χ2v) is 7.92. The van der Waals surface area contributed by atoms with Crippen LogP contribution in [0.25, 0.3) is 17.1 Å². The van der Waals surface area contributed by atoms with Gasteiger partial charge in [-0.05, 0) is 26.0 Å². The molecule has 0 unspecified atom stereocenters. The minimum atomic E-state index is 0.636. The fourth-order valence-electron chi connectivity index (χ4n) is 2.97. The summed E-state index contributed by atoms with van der Waals surface area (Å²) in [4.78, 5) is 0. The highest BCUT2D eigenvalue weighted by molar-refractivity contribution is 7.98. The van der Waals surface area contributed by atoms with Crippen LogP contribution in [0.5, 0.6) is 0 Å². The smallest absolute Gasteiger partial charge is 0.191 e. The molecule has 0 radical (unpaired) electrons. The Morgan fingerprint density at radius 1 is 0.964 bits per heavy atom. The number of hydrogen-bond acceptors (Lipinski definition) is 4. The summed E-state index contributed by atoms with van der Waals surface area (Å²) < 4.78 is 3.79. The Kier molecular flexibility index (Phi) is 5.24. The summed E-state index contributed by atoms with van der Waals surface area (Å²) in [7, 11) is 1.99. The molecule has 0 amide bonds. The third-order valence-electron chi connectivity index (χ3n) is 4.61. The number of hydrogen-bond donors (Lipinski definition) is 0. The Labute approximate surface area is 173 Å². The lowest BCUT2D eigenvalue weighted by Crippen LogP contribution is -1.96. The molecular weight excluding hydrogens is 390 g/mol. The SMILES string of the molecule is Cc1ccc(-c2nnc(SCc3c(C)nn(-c4ccccc4)c3Cl)n2C)cc1. The summed E-state index contributed by atoms with van der Waals surface area (Å²) in [5, 5.41) is 14.8. The summed E-state index contributed by atoms with van der Waals surface area (Å²) in [5.74, 6) is 1.53. The van der Waals surface area contributed by atoms with Gasteiger partial charge >= 0.3 is 0 Å². The Balaban J connectivity index is 1.56. The van der Waals surface area contributed by atoms with E-state index in [1.807, 2.05) is 48.9 Å².